The molecule has 0 fully saturated rings. The molecule has 0 aromatic carbocycles. The molecule has 1 aromatic rings. The number of aromatic nitrogens is 2. The van der Waals surface area contributed by atoms with E-state index in [4.69, 9.17) is 11.6 Å². The lowest BCUT2D eigenvalue weighted by Crippen LogP contribution is -2.17. The van der Waals surface area contributed by atoms with Crippen LogP contribution >= 0.6 is 34.2 Å². The van der Waals surface area contributed by atoms with E-state index in [-0.39, 0.29) is 0 Å². The van der Waals surface area contributed by atoms with Crippen molar-refractivity contribution in [2.75, 3.05) is 20.6 Å². The number of nitrogens with zero attached hydrogens (tertiary/aromatic N) is 3. The molecule has 0 bridgehead atoms. The van der Waals surface area contributed by atoms with Crippen LogP contribution in [-0.2, 0) is 12.8 Å². The van der Waals surface area contributed by atoms with Crippen LogP contribution in [0.1, 0.15) is 18.4 Å². The quantitative estimate of drug-likeness (QED) is 0.623. The molecule has 0 aliphatic rings. The second kappa shape index (κ2) is 5.96. The van der Waals surface area contributed by atoms with Crippen LogP contribution in [0.5, 0.6) is 0 Å². The lowest BCUT2D eigenvalue weighted by Gasteiger charge is -2.10. The van der Waals surface area contributed by atoms with Gasteiger partial charge in [-0.15, -0.1) is 0 Å². The molecule has 1 rings (SSSR count). The first-order valence-corrected chi connectivity index (χ1v) is 6.35. The summed E-state index contributed by atoms with van der Waals surface area (Å²) in [5.41, 5.74) is 1.05. The van der Waals surface area contributed by atoms with Gasteiger partial charge in [0.2, 0.25) is 0 Å². The molecule has 1 heterocycles. The van der Waals surface area contributed by atoms with Crippen LogP contribution < -0.4 is 0 Å². The number of halogens is 2. The molecule has 5 heteroatoms. The van der Waals surface area contributed by atoms with E-state index in [2.05, 4.69) is 44.4 Å². The van der Waals surface area contributed by atoms with Gasteiger partial charge in [-0.25, -0.2) is 9.97 Å². The molecule has 84 valence electrons. The van der Waals surface area contributed by atoms with Crippen molar-refractivity contribution in [3.63, 3.8) is 0 Å². The Balaban J connectivity index is 2.86. The van der Waals surface area contributed by atoms with Crippen LogP contribution in [0.2, 0.25) is 5.15 Å². The number of likely N-dealkylation sites (N-methyl/N-ethyl adjacent to an activating group) is 1. The number of rotatable bonds is 4. The van der Waals surface area contributed by atoms with Gasteiger partial charge in [0.05, 0.1) is 9.26 Å². The molecule has 0 atom stereocenters. The molecular formula is C10H15ClIN3. The Morgan fingerprint density at radius 3 is 2.53 bits per heavy atom. The van der Waals surface area contributed by atoms with Crippen LogP contribution in [0.15, 0.2) is 0 Å². The summed E-state index contributed by atoms with van der Waals surface area (Å²) in [5, 5.41) is 0.580. The van der Waals surface area contributed by atoms with Gasteiger partial charge in [-0.3, -0.25) is 0 Å². The maximum atomic E-state index is 6.04. The summed E-state index contributed by atoms with van der Waals surface area (Å²) >= 11 is 8.24. The molecule has 0 spiro atoms. The van der Waals surface area contributed by atoms with Crippen molar-refractivity contribution < 1.29 is 0 Å². The van der Waals surface area contributed by atoms with Crippen molar-refractivity contribution in [2.24, 2.45) is 0 Å². The van der Waals surface area contributed by atoms with Gasteiger partial charge >= 0.3 is 0 Å². The highest BCUT2D eigenvalue weighted by atomic mass is 127. The Bertz CT molecular complexity index is 342. The molecule has 0 aliphatic carbocycles. The SMILES string of the molecule is CCc1nc(CCN(C)C)nc(Cl)c1I. The molecule has 0 unspecified atom stereocenters. The third-order valence-corrected chi connectivity index (χ3v) is 3.77. The molecule has 3 nitrogen and oxygen atoms in total. The van der Waals surface area contributed by atoms with Crippen molar-refractivity contribution in [2.45, 2.75) is 19.8 Å². The molecule has 0 aliphatic heterocycles. The first kappa shape index (κ1) is 13.1. The molecule has 0 N–H and O–H groups in total. The zero-order chi connectivity index (χ0) is 11.4. The normalized spacial score (nSPS) is 11.1. The molecule has 15 heavy (non-hydrogen) atoms. The first-order chi connectivity index (χ1) is 7.04. The second-order valence-corrected chi connectivity index (χ2v) is 5.03. The second-order valence-electron chi connectivity index (χ2n) is 3.60. The van der Waals surface area contributed by atoms with Crippen molar-refractivity contribution >= 4 is 34.2 Å². The molecule has 0 saturated carbocycles. The Morgan fingerprint density at radius 1 is 1.33 bits per heavy atom. The summed E-state index contributed by atoms with van der Waals surface area (Å²) in [7, 11) is 4.07. The van der Waals surface area contributed by atoms with Crippen LogP contribution in [0.3, 0.4) is 0 Å². The van der Waals surface area contributed by atoms with E-state index in [0.717, 1.165) is 34.5 Å². The van der Waals surface area contributed by atoms with Crippen LogP contribution in [0, 0.1) is 3.57 Å². The van der Waals surface area contributed by atoms with E-state index in [1.54, 1.807) is 0 Å². The maximum Gasteiger partial charge on any atom is 0.146 e. The topological polar surface area (TPSA) is 29.0 Å². The molecule has 0 saturated heterocycles. The van der Waals surface area contributed by atoms with Crippen LogP contribution in [0.25, 0.3) is 0 Å². The summed E-state index contributed by atoms with van der Waals surface area (Å²) in [5.74, 6) is 0.839. The van der Waals surface area contributed by atoms with Crippen LogP contribution in [0.4, 0.5) is 0 Å². The lowest BCUT2D eigenvalue weighted by atomic mass is 10.3. The summed E-state index contributed by atoms with van der Waals surface area (Å²) in [6, 6.07) is 0. The summed E-state index contributed by atoms with van der Waals surface area (Å²) in [4.78, 5) is 10.9. The maximum absolute atomic E-state index is 6.04. The number of aryl methyl sites for hydroxylation is 1. The van der Waals surface area contributed by atoms with Gasteiger partial charge in [-0.2, -0.15) is 0 Å². The fourth-order valence-electron chi connectivity index (χ4n) is 1.18. The monoisotopic (exact) mass is 339 g/mol. The third-order valence-electron chi connectivity index (χ3n) is 2.04. The van der Waals surface area contributed by atoms with Gasteiger partial charge in [-0.1, -0.05) is 18.5 Å². The summed E-state index contributed by atoms with van der Waals surface area (Å²) in [6.45, 7) is 3.02. The Kier molecular flexibility index (Phi) is 5.22. The highest BCUT2D eigenvalue weighted by molar-refractivity contribution is 14.1. The zero-order valence-electron chi connectivity index (χ0n) is 9.22. The largest absolute Gasteiger partial charge is 0.309 e. The summed E-state index contributed by atoms with van der Waals surface area (Å²) < 4.78 is 0.977. The Labute approximate surface area is 109 Å². The minimum atomic E-state index is 0.580. The average Bonchev–Trinajstić information content (AvgIpc) is 2.19. The van der Waals surface area contributed by atoms with Gasteiger partial charge < -0.3 is 4.90 Å². The third kappa shape index (κ3) is 3.85. The molecule has 1 aromatic heterocycles. The van der Waals surface area contributed by atoms with Crippen molar-refractivity contribution in [3.05, 3.63) is 20.2 Å². The number of hydrogen-bond acceptors (Lipinski definition) is 3. The number of hydrogen-bond donors (Lipinski definition) is 0. The predicted octanol–water partition coefficient (Wildman–Crippen LogP) is 2.40. The van der Waals surface area contributed by atoms with Crippen molar-refractivity contribution in [3.8, 4) is 0 Å². The fourth-order valence-corrected chi connectivity index (χ4v) is 2.01. The molecule has 0 radical (unpaired) electrons. The highest BCUT2D eigenvalue weighted by Gasteiger charge is 2.09. The van der Waals surface area contributed by atoms with Gasteiger partial charge in [0.25, 0.3) is 0 Å². The van der Waals surface area contributed by atoms with Gasteiger partial charge in [-0.05, 0) is 43.1 Å². The zero-order valence-corrected chi connectivity index (χ0v) is 12.1. The van der Waals surface area contributed by atoms with Crippen LogP contribution in [-0.4, -0.2) is 35.5 Å². The summed E-state index contributed by atoms with van der Waals surface area (Å²) in [6.07, 6.45) is 1.74. The van der Waals surface area contributed by atoms with E-state index in [9.17, 15) is 0 Å². The Morgan fingerprint density at radius 2 is 2.00 bits per heavy atom. The van der Waals surface area contributed by atoms with Gasteiger partial charge in [0.1, 0.15) is 11.0 Å². The van der Waals surface area contributed by atoms with Crippen molar-refractivity contribution in [1.29, 1.82) is 0 Å². The van der Waals surface area contributed by atoms with E-state index in [1.807, 2.05) is 14.1 Å². The highest BCUT2D eigenvalue weighted by Crippen LogP contribution is 2.19. The van der Waals surface area contributed by atoms with E-state index in [0.29, 0.717) is 5.15 Å². The van der Waals surface area contributed by atoms with Crippen molar-refractivity contribution in [1.82, 2.24) is 14.9 Å². The minimum Gasteiger partial charge on any atom is -0.309 e. The van der Waals surface area contributed by atoms with Gasteiger partial charge in [0, 0.05) is 13.0 Å². The van der Waals surface area contributed by atoms with E-state index < -0.39 is 0 Å². The molecular weight excluding hydrogens is 324 g/mol. The predicted molar refractivity (Wildman–Crippen MR) is 71.4 cm³/mol. The van der Waals surface area contributed by atoms with Gasteiger partial charge in [0.15, 0.2) is 0 Å². The van der Waals surface area contributed by atoms with E-state index >= 15 is 0 Å². The fraction of sp³-hybridized carbons (Fsp3) is 0.600. The first-order valence-electron chi connectivity index (χ1n) is 4.90. The van der Waals surface area contributed by atoms with E-state index in [1.165, 1.54) is 0 Å². The standard InChI is InChI=1S/C10H15ClIN3/c1-4-7-9(12)10(11)14-8(13-7)5-6-15(2)3/h4-6H2,1-3H3. The Hall–Kier alpha value is 0.0600. The lowest BCUT2D eigenvalue weighted by molar-refractivity contribution is 0.409. The minimum absolute atomic E-state index is 0.580. The average molecular weight is 340 g/mol. The smallest absolute Gasteiger partial charge is 0.146 e. The molecule has 0 amide bonds.